The van der Waals surface area contributed by atoms with Crippen molar-refractivity contribution >= 4 is 5.91 Å². The molecule has 0 spiro atoms. The summed E-state index contributed by atoms with van der Waals surface area (Å²) in [5.41, 5.74) is 2.33. The molecule has 1 amide bonds. The van der Waals surface area contributed by atoms with Gasteiger partial charge in [-0.2, -0.15) is 0 Å². The maximum atomic E-state index is 12.2. The van der Waals surface area contributed by atoms with Crippen LogP contribution in [0.3, 0.4) is 0 Å². The maximum absolute atomic E-state index is 12.2. The molecule has 1 aromatic heterocycles. The van der Waals surface area contributed by atoms with Crippen molar-refractivity contribution in [3.8, 4) is 0 Å². The number of carbonyl (C=O) groups excluding carboxylic acids is 1. The van der Waals surface area contributed by atoms with E-state index >= 15 is 0 Å². The summed E-state index contributed by atoms with van der Waals surface area (Å²) in [6.07, 6.45) is 5.02. The molecule has 1 saturated heterocycles. The number of rotatable bonds is 6. The molecule has 1 fully saturated rings. The molecule has 2 atom stereocenters. The Kier molecular flexibility index (Phi) is 6.18. The van der Waals surface area contributed by atoms with Crippen molar-refractivity contribution in [3.63, 3.8) is 0 Å². The van der Waals surface area contributed by atoms with Gasteiger partial charge in [0, 0.05) is 43.5 Å². The summed E-state index contributed by atoms with van der Waals surface area (Å²) in [6, 6.07) is 17.2. The van der Waals surface area contributed by atoms with E-state index in [9.17, 15) is 4.79 Å². The van der Waals surface area contributed by atoms with Crippen molar-refractivity contribution in [2.75, 3.05) is 6.54 Å². The highest BCUT2D eigenvalue weighted by atomic mass is 16.1. The molecule has 2 unspecified atom stereocenters. The third-order valence-electron chi connectivity index (χ3n) is 4.94. The summed E-state index contributed by atoms with van der Waals surface area (Å²) in [6.45, 7) is 4.28. The first kappa shape index (κ1) is 17.6. The lowest BCUT2D eigenvalue weighted by Gasteiger charge is -2.38. The first-order valence-corrected chi connectivity index (χ1v) is 9.18. The Morgan fingerprint density at radius 2 is 2.00 bits per heavy atom. The lowest BCUT2D eigenvalue weighted by molar-refractivity contribution is -0.122. The predicted octanol–water partition coefficient (Wildman–Crippen LogP) is 3.18. The molecule has 3 rings (SSSR count). The second kappa shape index (κ2) is 8.77. The Labute approximate surface area is 150 Å². The molecular weight excluding hydrogens is 310 g/mol. The molecule has 1 aliphatic heterocycles. The minimum absolute atomic E-state index is 0.138. The van der Waals surface area contributed by atoms with Crippen LogP contribution in [0, 0.1) is 0 Å². The summed E-state index contributed by atoms with van der Waals surface area (Å²) in [7, 11) is 0. The molecule has 132 valence electrons. The third kappa shape index (κ3) is 5.40. The zero-order valence-corrected chi connectivity index (χ0v) is 14.9. The molecule has 2 aromatic rings. The number of aryl methyl sites for hydroxylation is 1. The summed E-state index contributed by atoms with van der Waals surface area (Å²) >= 11 is 0. The van der Waals surface area contributed by atoms with Crippen LogP contribution in [0.15, 0.2) is 54.7 Å². The molecule has 1 aliphatic rings. The van der Waals surface area contributed by atoms with Crippen LogP contribution in [0.4, 0.5) is 0 Å². The lowest BCUT2D eigenvalue weighted by atomic mass is 9.97. The van der Waals surface area contributed by atoms with Gasteiger partial charge in [0.25, 0.3) is 0 Å². The maximum Gasteiger partial charge on any atom is 0.220 e. The van der Waals surface area contributed by atoms with Crippen LogP contribution in [-0.2, 0) is 17.8 Å². The number of piperidine rings is 1. The van der Waals surface area contributed by atoms with Crippen molar-refractivity contribution in [2.45, 2.75) is 51.2 Å². The fourth-order valence-electron chi connectivity index (χ4n) is 3.49. The van der Waals surface area contributed by atoms with Gasteiger partial charge < -0.3 is 5.32 Å². The molecule has 2 heterocycles. The SMILES string of the molecule is CC1CC(NC(=O)CCc2ccccn2)CCN1Cc1ccccc1. The van der Waals surface area contributed by atoms with E-state index in [0.29, 0.717) is 24.9 Å². The average molecular weight is 337 g/mol. The summed E-state index contributed by atoms with van der Waals surface area (Å²) in [5.74, 6) is 0.138. The van der Waals surface area contributed by atoms with Gasteiger partial charge in [0.1, 0.15) is 0 Å². The molecule has 0 bridgehead atoms. The van der Waals surface area contributed by atoms with Gasteiger partial charge in [-0.3, -0.25) is 14.7 Å². The van der Waals surface area contributed by atoms with Gasteiger partial charge in [-0.1, -0.05) is 36.4 Å². The van der Waals surface area contributed by atoms with Gasteiger partial charge in [-0.15, -0.1) is 0 Å². The number of benzene rings is 1. The molecular formula is C21H27N3O. The molecule has 1 N–H and O–H groups in total. The first-order valence-electron chi connectivity index (χ1n) is 9.18. The number of nitrogens with zero attached hydrogens (tertiary/aromatic N) is 2. The monoisotopic (exact) mass is 337 g/mol. The van der Waals surface area contributed by atoms with Crippen molar-refractivity contribution in [2.24, 2.45) is 0 Å². The minimum atomic E-state index is 0.138. The van der Waals surface area contributed by atoms with Gasteiger partial charge >= 0.3 is 0 Å². The number of carbonyl (C=O) groups is 1. The number of pyridine rings is 1. The van der Waals surface area contributed by atoms with Gasteiger partial charge in [0.15, 0.2) is 0 Å². The Bertz CT molecular complexity index is 659. The third-order valence-corrected chi connectivity index (χ3v) is 4.94. The molecule has 4 heteroatoms. The predicted molar refractivity (Wildman–Crippen MR) is 100 cm³/mol. The number of amides is 1. The highest BCUT2D eigenvalue weighted by Crippen LogP contribution is 2.20. The van der Waals surface area contributed by atoms with E-state index < -0.39 is 0 Å². The summed E-state index contributed by atoms with van der Waals surface area (Å²) in [4.78, 5) is 19.0. The highest BCUT2D eigenvalue weighted by Gasteiger charge is 2.26. The van der Waals surface area contributed by atoms with Crippen LogP contribution in [0.1, 0.15) is 37.4 Å². The fraction of sp³-hybridized carbons (Fsp3) is 0.429. The summed E-state index contributed by atoms with van der Waals surface area (Å²) < 4.78 is 0. The zero-order valence-electron chi connectivity index (χ0n) is 14.9. The van der Waals surface area contributed by atoms with Crippen molar-refractivity contribution in [1.29, 1.82) is 0 Å². The van der Waals surface area contributed by atoms with E-state index in [-0.39, 0.29) is 5.91 Å². The van der Waals surface area contributed by atoms with Gasteiger partial charge in [0.05, 0.1) is 0 Å². The van der Waals surface area contributed by atoms with Crippen LogP contribution in [0.25, 0.3) is 0 Å². The molecule has 0 aliphatic carbocycles. The molecule has 0 saturated carbocycles. The smallest absolute Gasteiger partial charge is 0.220 e. The van der Waals surface area contributed by atoms with Crippen molar-refractivity contribution in [3.05, 3.63) is 66.0 Å². The Morgan fingerprint density at radius 1 is 1.20 bits per heavy atom. The van der Waals surface area contributed by atoms with Crippen LogP contribution >= 0.6 is 0 Å². The van der Waals surface area contributed by atoms with Crippen LogP contribution in [0.2, 0.25) is 0 Å². The standard InChI is InChI=1S/C21H27N3O/c1-17-15-20(12-14-24(17)16-18-7-3-2-4-8-18)23-21(25)11-10-19-9-5-6-13-22-19/h2-9,13,17,20H,10-12,14-16H2,1H3,(H,23,25). The van der Waals surface area contributed by atoms with E-state index in [1.54, 1.807) is 6.20 Å². The van der Waals surface area contributed by atoms with Gasteiger partial charge in [0.2, 0.25) is 5.91 Å². The fourth-order valence-corrected chi connectivity index (χ4v) is 3.49. The largest absolute Gasteiger partial charge is 0.353 e. The molecule has 4 nitrogen and oxygen atoms in total. The number of hydrogen-bond acceptors (Lipinski definition) is 3. The quantitative estimate of drug-likeness (QED) is 0.880. The number of aromatic nitrogens is 1. The first-order chi connectivity index (χ1) is 12.2. The number of hydrogen-bond donors (Lipinski definition) is 1. The second-order valence-electron chi connectivity index (χ2n) is 6.91. The van der Waals surface area contributed by atoms with E-state index in [0.717, 1.165) is 31.6 Å². The molecule has 1 aromatic carbocycles. The van der Waals surface area contributed by atoms with Crippen LogP contribution < -0.4 is 5.32 Å². The normalized spacial score (nSPS) is 21.0. The van der Waals surface area contributed by atoms with E-state index in [2.05, 4.69) is 52.5 Å². The minimum Gasteiger partial charge on any atom is -0.353 e. The van der Waals surface area contributed by atoms with Gasteiger partial charge in [-0.05, 0) is 43.9 Å². The zero-order chi connectivity index (χ0) is 17.5. The number of likely N-dealkylation sites (tertiary alicyclic amines) is 1. The lowest BCUT2D eigenvalue weighted by Crippen LogP contribution is -2.48. The summed E-state index contributed by atoms with van der Waals surface area (Å²) in [5, 5.41) is 3.21. The topological polar surface area (TPSA) is 45.2 Å². The van der Waals surface area contributed by atoms with Crippen LogP contribution in [-0.4, -0.2) is 34.4 Å². The Balaban J connectivity index is 1.42. The van der Waals surface area contributed by atoms with Crippen LogP contribution in [0.5, 0.6) is 0 Å². The Morgan fingerprint density at radius 3 is 2.72 bits per heavy atom. The number of nitrogens with one attached hydrogen (secondary N) is 1. The highest BCUT2D eigenvalue weighted by molar-refractivity contribution is 5.76. The molecule has 25 heavy (non-hydrogen) atoms. The van der Waals surface area contributed by atoms with Crippen molar-refractivity contribution < 1.29 is 4.79 Å². The average Bonchev–Trinajstić information content (AvgIpc) is 2.64. The molecule has 0 radical (unpaired) electrons. The Hall–Kier alpha value is -2.20. The second-order valence-corrected chi connectivity index (χ2v) is 6.91. The van der Waals surface area contributed by atoms with Crippen molar-refractivity contribution in [1.82, 2.24) is 15.2 Å². The van der Waals surface area contributed by atoms with E-state index in [4.69, 9.17) is 0 Å². The van der Waals surface area contributed by atoms with E-state index in [1.807, 2.05) is 18.2 Å². The van der Waals surface area contributed by atoms with Gasteiger partial charge in [-0.25, -0.2) is 0 Å². The van der Waals surface area contributed by atoms with E-state index in [1.165, 1.54) is 5.56 Å².